The molecule has 0 bridgehead atoms. The molecule has 0 aliphatic heterocycles. The number of carbonyl (C=O) groups is 1. The molecule has 3 nitrogen and oxygen atoms in total. The summed E-state index contributed by atoms with van der Waals surface area (Å²) in [7, 11) is 0. The summed E-state index contributed by atoms with van der Waals surface area (Å²) >= 11 is 0. The molecule has 1 amide bonds. The highest BCUT2D eigenvalue weighted by Gasteiger charge is 2.25. The number of benzene rings is 1. The summed E-state index contributed by atoms with van der Waals surface area (Å²) in [6.45, 7) is 6.66. The number of carbonyl (C=O) groups excluding carboxylic acids is 1. The van der Waals surface area contributed by atoms with Crippen LogP contribution in [0, 0.1) is 17.8 Å². The molecule has 1 aromatic rings. The number of hydrogen-bond acceptors (Lipinski definition) is 2. The molecule has 1 aliphatic carbocycles. The van der Waals surface area contributed by atoms with Gasteiger partial charge in [-0.1, -0.05) is 52.2 Å². The highest BCUT2D eigenvalue weighted by Crippen LogP contribution is 2.32. The van der Waals surface area contributed by atoms with E-state index in [9.17, 15) is 4.79 Å². The molecule has 1 aliphatic rings. The maximum absolute atomic E-state index is 12.5. The van der Waals surface area contributed by atoms with E-state index in [0.717, 1.165) is 37.3 Å². The fourth-order valence-corrected chi connectivity index (χ4v) is 4.17. The summed E-state index contributed by atoms with van der Waals surface area (Å²) in [5.74, 6) is 1.85. The van der Waals surface area contributed by atoms with Crippen molar-refractivity contribution in [2.24, 2.45) is 23.5 Å². The Morgan fingerprint density at radius 2 is 1.81 bits per heavy atom. The van der Waals surface area contributed by atoms with Gasteiger partial charge in [-0.3, -0.25) is 4.79 Å². The largest absolute Gasteiger partial charge is 0.327 e. The van der Waals surface area contributed by atoms with Gasteiger partial charge in [0, 0.05) is 17.6 Å². The Balaban J connectivity index is 1.77. The van der Waals surface area contributed by atoms with Crippen LogP contribution in [-0.2, 0) is 11.2 Å². The smallest absolute Gasteiger partial charge is 0.227 e. The Kier molecular flexibility index (Phi) is 8.64. The molecule has 1 atom stereocenters. The van der Waals surface area contributed by atoms with Crippen LogP contribution in [0.25, 0.3) is 0 Å². The van der Waals surface area contributed by atoms with Crippen LogP contribution in [0.1, 0.15) is 77.7 Å². The summed E-state index contributed by atoms with van der Waals surface area (Å²) in [5.41, 5.74) is 8.34. The first-order valence-electron chi connectivity index (χ1n) is 10.6. The highest BCUT2D eigenvalue weighted by atomic mass is 16.1. The Morgan fingerprint density at radius 1 is 1.15 bits per heavy atom. The van der Waals surface area contributed by atoms with E-state index in [4.69, 9.17) is 5.73 Å². The third-order valence-electron chi connectivity index (χ3n) is 5.68. The van der Waals surface area contributed by atoms with Gasteiger partial charge in [0.05, 0.1) is 0 Å². The zero-order valence-electron chi connectivity index (χ0n) is 17.0. The molecule has 0 saturated heterocycles. The third-order valence-corrected chi connectivity index (χ3v) is 5.68. The molecule has 1 fully saturated rings. The predicted molar refractivity (Wildman–Crippen MR) is 111 cm³/mol. The normalized spacial score (nSPS) is 21.6. The molecule has 26 heavy (non-hydrogen) atoms. The number of rotatable bonds is 9. The van der Waals surface area contributed by atoms with E-state index in [0.29, 0.717) is 5.92 Å². The van der Waals surface area contributed by atoms with Crippen molar-refractivity contribution in [3.05, 3.63) is 29.8 Å². The van der Waals surface area contributed by atoms with Crippen LogP contribution in [0.4, 0.5) is 5.69 Å². The van der Waals surface area contributed by atoms with Crippen molar-refractivity contribution < 1.29 is 4.79 Å². The lowest BCUT2D eigenvalue weighted by atomic mass is 9.79. The second kappa shape index (κ2) is 10.7. The maximum atomic E-state index is 12.5. The lowest BCUT2D eigenvalue weighted by Gasteiger charge is -2.27. The Morgan fingerprint density at radius 3 is 2.38 bits per heavy atom. The molecule has 1 unspecified atom stereocenters. The van der Waals surface area contributed by atoms with E-state index in [1.165, 1.54) is 37.7 Å². The summed E-state index contributed by atoms with van der Waals surface area (Å²) in [4.78, 5) is 12.5. The summed E-state index contributed by atoms with van der Waals surface area (Å²) in [6.07, 6.45) is 10.4. The summed E-state index contributed by atoms with van der Waals surface area (Å²) in [6, 6.07) is 8.43. The minimum atomic E-state index is 0.187. The molecule has 0 heterocycles. The van der Waals surface area contributed by atoms with Gasteiger partial charge in [-0.2, -0.15) is 0 Å². The number of amides is 1. The number of nitrogens with one attached hydrogen (secondary N) is 1. The van der Waals surface area contributed by atoms with Crippen LogP contribution in [0.3, 0.4) is 0 Å². The van der Waals surface area contributed by atoms with Gasteiger partial charge < -0.3 is 11.1 Å². The zero-order valence-corrected chi connectivity index (χ0v) is 17.0. The first-order valence-corrected chi connectivity index (χ1v) is 10.6. The molecule has 2 rings (SSSR count). The molecule has 1 aromatic carbocycles. The fraction of sp³-hybridized carbons (Fsp3) is 0.696. The quantitative estimate of drug-likeness (QED) is 0.609. The molecule has 0 aromatic heterocycles. The minimum Gasteiger partial charge on any atom is -0.327 e. The third kappa shape index (κ3) is 7.11. The first-order chi connectivity index (χ1) is 12.5. The van der Waals surface area contributed by atoms with Crippen LogP contribution in [0.5, 0.6) is 0 Å². The molecule has 1 saturated carbocycles. The number of anilines is 1. The SMILES string of the molecule is CCCCC1CCC(C(=O)Nc2ccc(CC(N)CC(C)C)cc2)CC1. The molecule has 146 valence electrons. The van der Waals surface area contributed by atoms with Gasteiger partial charge in [-0.05, 0) is 68.1 Å². The lowest BCUT2D eigenvalue weighted by Crippen LogP contribution is -2.27. The number of unbranched alkanes of at least 4 members (excludes halogenated alkanes) is 1. The number of nitrogens with two attached hydrogens (primary N) is 1. The van der Waals surface area contributed by atoms with Crippen molar-refractivity contribution in [1.82, 2.24) is 0 Å². The Labute approximate surface area is 160 Å². The highest BCUT2D eigenvalue weighted by molar-refractivity contribution is 5.92. The van der Waals surface area contributed by atoms with Crippen molar-refractivity contribution >= 4 is 11.6 Å². The van der Waals surface area contributed by atoms with Gasteiger partial charge >= 0.3 is 0 Å². The molecule has 3 heteroatoms. The van der Waals surface area contributed by atoms with E-state index in [1.54, 1.807) is 0 Å². The first kappa shape index (κ1) is 21.0. The van der Waals surface area contributed by atoms with E-state index >= 15 is 0 Å². The Hall–Kier alpha value is -1.35. The van der Waals surface area contributed by atoms with Gasteiger partial charge in [0.2, 0.25) is 5.91 Å². The maximum Gasteiger partial charge on any atom is 0.227 e. The van der Waals surface area contributed by atoms with Gasteiger partial charge in [0.1, 0.15) is 0 Å². The molecule has 3 N–H and O–H groups in total. The van der Waals surface area contributed by atoms with Gasteiger partial charge in [0.25, 0.3) is 0 Å². The van der Waals surface area contributed by atoms with E-state index in [-0.39, 0.29) is 17.9 Å². The van der Waals surface area contributed by atoms with Crippen LogP contribution in [-0.4, -0.2) is 11.9 Å². The lowest BCUT2D eigenvalue weighted by molar-refractivity contribution is -0.121. The van der Waals surface area contributed by atoms with Crippen LogP contribution >= 0.6 is 0 Å². The second-order valence-corrected chi connectivity index (χ2v) is 8.64. The molecule has 0 radical (unpaired) electrons. The van der Waals surface area contributed by atoms with Crippen LogP contribution in [0.2, 0.25) is 0 Å². The molecular formula is C23H38N2O. The number of hydrogen-bond donors (Lipinski definition) is 2. The molecule has 0 spiro atoms. The van der Waals surface area contributed by atoms with Crippen molar-refractivity contribution in [2.75, 3.05) is 5.32 Å². The average molecular weight is 359 g/mol. The fourth-order valence-electron chi connectivity index (χ4n) is 4.17. The van der Waals surface area contributed by atoms with Crippen molar-refractivity contribution in [1.29, 1.82) is 0 Å². The van der Waals surface area contributed by atoms with Crippen LogP contribution < -0.4 is 11.1 Å². The zero-order chi connectivity index (χ0) is 18.9. The molecular weight excluding hydrogens is 320 g/mol. The predicted octanol–water partition coefficient (Wildman–Crippen LogP) is 5.54. The van der Waals surface area contributed by atoms with Gasteiger partial charge in [0.15, 0.2) is 0 Å². The van der Waals surface area contributed by atoms with Crippen molar-refractivity contribution in [2.45, 2.75) is 84.6 Å². The summed E-state index contributed by atoms with van der Waals surface area (Å²) < 4.78 is 0. The topological polar surface area (TPSA) is 55.1 Å². The van der Waals surface area contributed by atoms with Crippen molar-refractivity contribution in [3.63, 3.8) is 0 Å². The van der Waals surface area contributed by atoms with E-state index < -0.39 is 0 Å². The van der Waals surface area contributed by atoms with Gasteiger partial charge in [-0.15, -0.1) is 0 Å². The standard InChI is InChI=1S/C23H38N2O/c1-4-5-6-18-7-11-20(12-8-18)23(26)25-22-13-9-19(10-14-22)16-21(24)15-17(2)3/h9-10,13-14,17-18,20-21H,4-8,11-12,15-16,24H2,1-3H3,(H,25,26). The summed E-state index contributed by atoms with van der Waals surface area (Å²) in [5, 5.41) is 3.11. The second-order valence-electron chi connectivity index (χ2n) is 8.64. The Bertz CT molecular complexity index is 530. The average Bonchev–Trinajstić information content (AvgIpc) is 2.61. The van der Waals surface area contributed by atoms with Gasteiger partial charge in [-0.25, -0.2) is 0 Å². The monoisotopic (exact) mass is 358 g/mol. The van der Waals surface area contributed by atoms with Crippen molar-refractivity contribution in [3.8, 4) is 0 Å². The van der Waals surface area contributed by atoms with Crippen LogP contribution in [0.15, 0.2) is 24.3 Å². The minimum absolute atomic E-state index is 0.187. The van der Waals surface area contributed by atoms with E-state index in [2.05, 4.69) is 38.2 Å². The van der Waals surface area contributed by atoms with E-state index in [1.807, 2.05) is 12.1 Å².